The van der Waals surface area contributed by atoms with Crippen molar-refractivity contribution in [3.63, 3.8) is 0 Å². The van der Waals surface area contributed by atoms with Gasteiger partial charge in [0.2, 0.25) is 0 Å². The molecular weight excluding hydrogens is 212 g/mol. The number of fused-ring (bicyclic) bond motifs is 1. The van der Waals surface area contributed by atoms with Gasteiger partial charge in [-0.2, -0.15) is 12.6 Å². The van der Waals surface area contributed by atoms with Gasteiger partial charge in [-0.15, -0.1) is 0 Å². The van der Waals surface area contributed by atoms with Crippen molar-refractivity contribution >= 4 is 24.2 Å². The summed E-state index contributed by atoms with van der Waals surface area (Å²) in [7, 11) is 0. The van der Waals surface area contributed by atoms with Crippen molar-refractivity contribution < 1.29 is 9.53 Å². The molecule has 1 amide bonds. The Labute approximate surface area is 93.2 Å². The van der Waals surface area contributed by atoms with E-state index < -0.39 is 0 Å². The second-order valence-corrected chi connectivity index (χ2v) is 3.97. The largest absolute Gasteiger partial charge is 0.482 e. The summed E-state index contributed by atoms with van der Waals surface area (Å²) in [5, 5.41) is 2.72. The predicted octanol–water partition coefficient (Wildman–Crippen LogP) is 0.947. The Morgan fingerprint density at radius 2 is 2.40 bits per heavy atom. The molecule has 0 saturated heterocycles. The number of nitrogens with two attached hydrogens (primary N) is 1. The normalized spacial score (nSPS) is 16.3. The van der Waals surface area contributed by atoms with Gasteiger partial charge in [0.1, 0.15) is 5.75 Å². The maximum absolute atomic E-state index is 11.1. The third-order valence-corrected chi connectivity index (χ3v) is 2.75. The number of ether oxygens (including phenoxy) is 1. The zero-order valence-electron chi connectivity index (χ0n) is 8.06. The highest BCUT2D eigenvalue weighted by Gasteiger charge is 2.17. The van der Waals surface area contributed by atoms with Crippen LogP contribution in [0.1, 0.15) is 10.8 Å². The summed E-state index contributed by atoms with van der Waals surface area (Å²) in [6, 6.07) is 5.57. The van der Waals surface area contributed by atoms with Crippen molar-refractivity contribution in [3.8, 4) is 5.75 Å². The molecule has 1 unspecified atom stereocenters. The fourth-order valence-corrected chi connectivity index (χ4v) is 1.60. The van der Waals surface area contributed by atoms with Crippen LogP contribution in [0.15, 0.2) is 18.2 Å². The lowest BCUT2D eigenvalue weighted by Crippen LogP contribution is -2.25. The Bertz CT molecular complexity index is 395. The Hall–Kier alpha value is -1.20. The number of carbonyl (C=O) groups is 1. The zero-order chi connectivity index (χ0) is 10.8. The van der Waals surface area contributed by atoms with E-state index in [-0.39, 0.29) is 17.8 Å². The minimum atomic E-state index is -0.136. The van der Waals surface area contributed by atoms with Crippen LogP contribution >= 0.6 is 12.6 Å². The number of thiol groups is 1. The van der Waals surface area contributed by atoms with Crippen LogP contribution in [0.5, 0.6) is 5.75 Å². The molecule has 4 nitrogen and oxygen atoms in total. The van der Waals surface area contributed by atoms with E-state index in [0.29, 0.717) is 18.0 Å². The number of hydrogen-bond donors (Lipinski definition) is 3. The van der Waals surface area contributed by atoms with Crippen LogP contribution in [-0.4, -0.2) is 19.1 Å². The van der Waals surface area contributed by atoms with Gasteiger partial charge in [-0.05, 0) is 17.7 Å². The third-order valence-electron chi connectivity index (χ3n) is 2.24. The average Bonchev–Trinajstić information content (AvgIpc) is 2.27. The van der Waals surface area contributed by atoms with Crippen LogP contribution in [0.2, 0.25) is 0 Å². The average molecular weight is 224 g/mol. The lowest BCUT2D eigenvalue weighted by Gasteiger charge is -2.19. The smallest absolute Gasteiger partial charge is 0.262 e. The van der Waals surface area contributed by atoms with Crippen molar-refractivity contribution in [2.24, 2.45) is 5.73 Å². The highest BCUT2D eigenvalue weighted by Crippen LogP contribution is 2.31. The molecule has 0 spiro atoms. The first-order chi connectivity index (χ1) is 7.20. The maximum atomic E-state index is 11.1. The maximum Gasteiger partial charge on any atom is 0.262 e. The molecule has 80 valence electrons. The van der Waals surface area contributed by atoms with Gasteiger partial charge < -0.3 is 15.8 Å². The Kier molecular flexibility index (Phi) is 2.83. The monoisotopic (exact) mass is 224 g/mol. The summed E-state index contributed by atoms with van der Waals surface area (Å²) in [6.07, 6.45) is 0. The van der Waals surface area contributed by atoms with Gasteiger partial charge in [0.15, 0.2) is 6.61 Å². The molecule has 1 aromatic rings. The number of anilines is 1. The van der Waals surface area contributed by atoms with Gasteiger partial charge in [0.05, 0.1) is 5.69 Å². The van der Waals surface area contributed by atoms with Crippen molar-refractivity contribution in [1.29, 1.82) is 0 Å². The second kappa shape index (κ2) is 4.12. The molecule has 0 bridgehead atoms. The van der Waals surface area contributed by atoms with Crippen LogP contribution < -0.4 is 15.8 Å². The van der Waals surface area contributed by atoms with E-state index in [1.54, 1.807) is 0 Å². The van der Waals surface area contributed by atoms with Gasteiger partial charge >= 0.3 is 0 Å². The summed E-state index contributed by atoms with van der Waals surface area (Å²) in [5.74, 6) is 0.555. The highest BCUT2D eigenvalue weighted by molar-refractivity contribution is 7.80. The lowest BCUT2D eigenvalue weighted by molar-refractivity contribution is -0.118. The number of benzene rings is 1. The number of amides is 1. The van der Waals surface area contributed by atoms with Crippen LogP contribution in [0, 0.1) is 0 Å². The molecule has 1 atom stereocenters. The molecule has 1 heterocycles. The van der Waals surface area contributed by atoms with Gasteiger partial charge in [-0.25, -0.2) is 0 Å². The van der Waals surface area contributed by atoms with Crippen LogP contribution in [0.25, 0.3) is 0 Å². The summed E-state index contributed by atoms with van der Waals surface area (Å²) >= 11 is 4.33. The molecular formula is C10H12N2O2S. The number of carbonyl (C=O) groups excluding carboxylic acids is 1. The fraction of sp³-hybridized carbons (Fsp3) is 0.300. The molecule has 1 aliphatic heterocycles. The lowest BCUT2D eigenvalue weighted by atomic mass is 10.1. The van der Waals surface area contributed by atoms with Crippen molar-refractivity contribution in [1.82, 2.24) is 0 Å². The molecule has 3 N–H and O–H groups in total. The molecule has 2 rings (SSSR count). The number of rotatable bonds is 2. The molecule has 1 aromatic carbocycles. The van der Waals surface area contributed by atoms with E-state index in [1.165, 1.54) is 0 Å². The quantitative estimate of drug-likeness (QED) is 0.655. The van der Waals surface area contributed by atoms with E-state index in [0.717, 1.165) is 5.56 Å². The van der Waals surface area contributed by atoms with Crippen molar-refractivity contribution in [2.75, 3.05) is 18.5 Å². The summed E-state index contributed by atoms with van der Waals surface area (Å²) in [4.78, 5) is 11.1. The first-order valence-corrected chi connectivity index (χ1v) is 5.17. The molecule has 15 heavy (non-hydrogen) atoms. The first kappa shape index (κ1) is 10.3. The third kappa shape index (κ3) is 2.08. The standard InChI is InChI=1S/C10H12N2O2S/c11-4-9(15)6-1-2-8-7(3-6)12-10(13)5-14-8/h1-3,9,15H,4-5,11H2,(H,12,13). The Balaban J connectivity index is 2.32. The van der Waals surface area contributed by atoms with E-state index >= 15 is 0 Å². The van der Waals surface area contributed by atoms with Crippen LogP contribution in [0.3, 0.4) is 0 Å². The molecule has 0 aromatic heterocycles. The predicted molar refractivity (Wildman–Crippen MR) is 61.3 cm³/mol. The topological polar surface area (TPSA) is 64.3 Å². The van der Waals surface area contributed by atoms with E-state index in [1.807, 2.05) is 18.2 Å². The van der Waals surface area contributed by atoms with E-state index in [2.05, 4.69) is 17.9 Å². The highest BCUT2D eigenvalue weighted by atomic mass is 32.1. The molecule has 0 aliphatic carbocycles. The molecule has 0 radical (unpaired) electrons. The van der Waals surface area contributed by atoms with E-state index in [4.69, 9.17) is 10.5 Å². The summed E-state index contributed by atoms with van der Waals surface area (Å²) in [5.41, 5.74) is 7.18. The van der Waals surface area contributed by atoms with E-state index in [9.17, 15) is 4.79 Å². The molecule has 1 aliphatic rings. The molecule has 0 saturated carbocycles. The van der Waals surface area contributed by atoms with Gasteiger partial charge in [0.25, 0.3) is 5.91 Å². The van der Waals surface area contributed by atoms with Crippen LogP contribution in [-0.2, 0) is 4.79 Å². The first-order valence-electron chi connectivity index (χ1n) is 4.65. The minimum absolute atomic E-state index is 0.0193. The summed E-state index contributed by atoms with van der Waals surface area (Å²) in [6.45, 7) is 0.532. The Morgan fingerprint density at radius 1 is 1.60 bits per heavy atom. The van der Waals surface area contributed by atoms with Gasteiger partial charge in [-0.1, -0.05) is 6.07 Å². The van der Waals surface area contributed by atoms with Crippen molar-refractivity contribution in [3.05, 3.63) is 23.8 Å². The SMILES string of the molecule is NCC(S)c1ccc2c(c1)NC(=O)CO2. The second-order valence-electron chi connectivity index (χ2n) is 3.34. The van der Waals surface area contributed by atoms with Crippen LogP contribution in [0.4, 0.5) is 5.69 Å². The minimum Gasteiger partial charge on any atom is -0.482 e. The van der Waals surface area contributed by atoms with Gasteiger partial charge in [0, 0.05) is 11.8 Å². The number of hydrogen-bond acceptors (Lipinski definition) is 4. The summed E-state index contributed by atoms with van der Waals surface area (Å²) < 4.78 is 5.24. The van der Waals surface area contributed by atoms with Crippen molar-refractivity contribution in [2.45, 2.75) is 5.25 Å². The zero-order valence-corrected chi connectivity index (χ0v) is 8.96. The van der Waals surface area contributed by atoms with Gasteiger partial charge in [-0.3, -0.25) is 4.79 Å². The Morgan fingerprint density at radius 3 is 3.13 bits per heavy atom. The molecule has 0 fully saturated rings. The molecule has 5 heteroatoms. The number of nitrogens with one attached hydrogen (secondary N) is 1. The fourth-order valence-electron chi connectivity index (χ4n) is 1.44.